The Labute approximate surface area is 188 Å². The lowest BCUT2D eigenvalue weighted by Gasteiger charge is -2.14. The first-order chi connectivity index (χ1) is 15.4. The molecule has 4 rings (SSSR count). The standard InChI is InChI=1S/C22H24N6O3S/c1-5-11-28-18-16(21(29)27(4)22(28)30)20(24-17(23-18)13(2)3)32-12-15-25-26-19(31-15)14-9-7-6-8-10-14/h6-10,13H,5,11-12H2,1-4H3. The fourth-order valence-corrected chi connectivity index (χ4v) is 4.14. The molecular weight excluding hydrogens is 428 g/mol. The monoisotopic (exact) mass is 452 g/mol. The highest BCUT2D eigenvalue weighted by Crippen LogP contribution is 2.28. The summed E-state index contributed by atoms with van der Waals surface area (Å²) in [4.78, 5) is 35.0. The van der Waals surface area contributed by atoms with Gasteiger partial charge in [-0.3, -0.25) is 13.9 Å². The second-order valence-electron chi connectivity index (χ2n) is 7.69. The summed E-state index contributed by atoms with van der Waals surface area (Å²) in [6.45, 7) is 6.39. The van der Waals surface area contributed by atoms with Crippen molar-refractivity contribution in [1.29, 1.82) is 0 Å². The number of aryl methyl sites for hydroxylation is 1. The first-order valence-electron chi connectivity index (χ1n) is 10.4. The van der Waals surface area contributed by atoms with Crippen LogP contribution in [0.3, 0.4) is 0 Å². The molecule has 1 aromatic carbocycles. The summed E-state index contributed by atoms with van der Waals surface area (Å²) in [6.07, 6.45) is 0.737. The molecule has 0 aliphatic rings. The Morgan fingerprint density at radius 1 is 1.09 bits per heavy atom. The number of thioether (sulfide) groups is 1. The SMILES string of the molecule is CCCn1c(=O)n(C)c(=O)c2c(SCc3nnc(-c4ccccc4)o3)nc(C(C)C)nc21. The molecule has 10 heteroatoms. The number of nitrogens with zero attached hydrogens (tertiary/aromatic N) is 6. The van der Waals surface area contributed by atoms with Crippen LogP contribution in [0.25, 0.3) is 22.5 Å². The minimum absolute atomic E-state index is 0.0288. The van der Waals surface area contributed by atoms with Crippen LogP contribution in [0.15, 0.2) is 49.4 Å². The van der Waals surface area contributed by atoms with Gasteiger partial charge in [0, 0.05) is 25.1 Å². The lowest BCUT2D eigenvalue weighted by atomic mass is 10.2. The van der Waals surface area contributed by atoms with E-state index in [4.69, 9.17) is 4.42 Å². The van der Waals surface area contributed by atoms with Crippen LogP contribution in [0.4, 0.5) is 0 Å². The molecule has 3 aromatic heterocycles. The van der Waals surface area contributed by atoms with Gasteiger partial charge < -0.3 is 4.42 Å². The van der Waals surface area contributed by atoms with Gasteiger partial charge in [-0.05, 0) is 18.6 Å². The van der Waals surface area contributed by atoms with Crippen molar-refractivity contribution in [2.75, 3.05) is 0 Å². The van der Waals surface area contributed by atoms with Crippen LogP contribution in [0, 0.1) is 0 Å². The van der Waals surface area contributed by atoms with Gasteiger partial charge in [0.05, 0.1) is 5.75 Å². The summed E-state index contributed by atoms with van der Waals surface area (Å²) < 4.78 is 8.45. The maximum absolute atomic E-state index is 13.0. The van der Waals surface area contributed by atoms with Crippen LogP contribution in [0.1, 0.15) is 44.8 Å². The fourth-order valence-electron chi connectivity index (χ4n) is 3.28. The predicted octanol–water partition coefficient (Wildman–Crippen LogP) is 3.37. The van der Waals surface area contributed by atoms with Crippen LogP contribution in [0.5, 0.6) is 0 Å². The van der Waals surface area contributed by atoms with Crippen molar-refractivity contribution in [2.24, 2.45) is 7.05 Å². The number of aromatic nitrogens is 6. The van der Waals surface area contributed by atoms with E-state index >= 15 is 0 Å². The molecule has 9 nitrogen and oxygen atoms in total. The van der Waals surface area contributed by atoms with E-state index < -0.39 is 5.56 Å². The van der Waals surface area contributed by atoms with E-state index in [0.717, 1.165) is 16.6 Å². The van der Waals surface area contributed by atoms with Crippen LogP contribution in [-0.4, -0.2) is 29.3 Å². The van der Waals surface area contributed by atoms with Gasteiger partial charge in [-0.25, -0.2) is 14.8 Å². The molecule has 0 N–H and O–H groups in total. The van der Waals surface area contributed by atoms with Gasteiger partial charge >= 0.3 is 5.69 Å². The summed E-state index contributed by atoms with van der Waals surface area (Å²) >= 11 is 1.32. The molecule has 0 bridgehead atoms. The number of fused-ring (bicyclic) bond motifs is 1. The van der Waals surface area contributed by atoms with Crippen molar-refractivity contribution in [3.05, 3.63) is 62.9 Å². The third kappa shape index (κ3) is 4.10. The average molecular weight is 453 g/mol. The van der Waals surface area contributed by atoms with Crippen molar-refractivity contribution in [1.82, 2.24) is 29.3 Å². The van der Waals surface area contributed by atoms with Crippen LogP contribution < -0.4 is 11.2 Å². The Morgan fingerprint density at radius 2 is 1.84 bits per heavy atom. The summed E-state index contributed by atoms with van der Waals surface area (Å²) in [5.41, 5.74) is 0.420. The Morgan fingerprint density at radius 3 is 2.53 bits per heavy atom. The summed E-state index contributed by atoms with van der Waals surface area (Å²) in [7, 11) is 1.48. The van der Waals surface area contributed by atoms with Crippen LogP contribution >= 0.6 is 11.8 Å². The zero-order valence-electron chi connectivity index (χ0n) is 18.4. The second-order valence-corrected chi connectivity index (χ2v) is 8.66. The molecule has 0 radical (unpaired) electrons. The lowest BCUT2D eigenvalue weighted by Crippen LogP contribution is -2.39. The van der Waals surface area contributed by atoms with E-state index in [1.165, 1.54) is 18.8 Å². The Kier molecular flexibility index (Phi) is 6.22. The van der Waals surface area contributed by atoms with E-state index in [-0.39, 0.29) is 11.6 Å². The molecule has 4 aromatic rings. The molecule has 32 heavy (non-hydrogen) atoms. The molecule has 0 saturated heterocycles. The molecule has 0 saturated carbocycles. The van der Waals surface area contributed by atoms with E-state index in [1.807, 2.05) is 51.1 Å². The summed E-state index contributed by atoms with van der Waals surface area (Å²) in [5.74, 6) is 1.79. The summed E-state index contributed by atoms with van der Waals surface area (Å²) in [6, 6.07) is 9.52. The highest BCUT2D eigenvalue weighted by molar-refractivity contribution is 7.98. The van der Waals surface area contributed by atoms with Crippen molar-refractivity contribution >= 4 is 22.8 Å². The molecule has 0 amide bonds. The highest BCUT2D eigenvalue weighted by atomic mass is 32.2. The minimum atomic E-state index is -0.411. The molecule has 0 unspecified atom stereocenters. The van der Waals surface area contributed by atoms with Crippen molar-refractivity contribution in [3.63, 3.8) is 0 Å². The fraction of sp³-hybridized carbons (Fsp3) is 0.364. The smallest absolute Gasteiger partial charge is 0.332 e. The predicted molar refractivity (Wildman–Crippen MR) is 123 cm³/mol. The van der Waals surface area contributed by atoms with E-state index in [0.29, 0.717) is 46.0 Å². The Hall–Kier alpha value is -3.27. The Bertz CT molecular complexity index is 1370. The Balaban J connectivity index is 1.77. The first kappa shape index (κ1) is 21.9. The van der Waals surface area contributed by atoms with Gasteiger partial charge in [-0.2, -0.15) is 0 Å². The molecule has 3 heterocycles. The van der Waals surface area contributed by atoms with Gasteiger partial charge in [-0.15, -0.1) is 10.2 Å². The lowest BCUT2D eigenvalue weighted by molar-refractivity contribution is 0.528. The number of hydrogen-bond acceptors (Lipinski definition) is 8. The minimum Gasteiger partial charge on any atom is -0.420 e. The molecule has 0 aliphatic carbocycles. The van der Waals surface area contributed by atoms with E-state index in [9.17, 15) is 9.59 Å². The third-order valence-electron chi connectivity index (χ3n) is 4.95. The van der Waals surface area contributed by atoms with E-state index in [2.05, 4.69) is 20.2 Å². The first-order valence-corrected chi connectivity index (χ1v) is 11.4. The number of hydrogen-bond donors (Lipinski definition) is 0. The average Bonchev–Trinajstić information content (AvgIpc) is 3.28. The maximum Gasteiger partial charge on any atom is 0.332 e. The van der Waals surface area contributed by atoms with Crippen molar-refractivity contribution < 1.29 is 4.42 Å². The van der Waals surface area contributed by atoms with Gasteiger partial charge in [0.1, 0.15) is 16.2 Å². The van der Waals surface area contributed by atoms with Crippen molar-refractivity contribution in [3.8, 4) is 11.5 Å². The van der Waals surface area contributed by atoms with Gasteiger partial charge in [-0.1, -0.05) is 50.7 Å². The quantitative estimate of drug-likeness (QED) is 0.310. The van der Waals surface area contributed by atoms with Gasteiger partial charge in [0.15, 0.2) is 5.65 Å². The maximum atomic E-state index is 13.0. The number of rotatable bonds is 7. The number of benzene rings is 1. The largest absolute Gasteiger partial charge is 0.420 e. The molecule has 0 aliphatic heterocycles. The van der Waals surface area contributed by atoms with Gasteiger partial charge in [0.25, 0.3) is 5.56 Å². The normalized spacial score (nSPS) is 11.5. The summed E-state index contributed by atoms with van der Waals surface area (Å²) in [5, 5.41) is 9.08. The second kappa shape index (κ2) is 9.07. The van der Waals surface area contributed by atoms with Crippen LogP contribution in [-0.2, 0) is 19.3 Å². The zero-order chi connectivity index (χ0) is 22.8. The molecule has 0 spiro atoms. The molecular formula is C22H24N6O3S. The molecule has 166 valence electrons. The molecule has 0 fully saturated rings. The van der Waals surface area contributed by atoms with Crippen LogP contribution in [0.2, 0.25) is 0 Å². The molecule has 0 atom stereocenters. The van der Waals surface area contributed by atoms with Gasteiger partial charge in [0.2, 0.25) is 11.8 Å². The van der Waals surface area contributed by atoms with E-state index in [1.54, 1.807) is 4.57 Å². The third-order valence-corrected chi connectivity index (χ3v) is 5.91. The van der Waals surface area contributed by atoms with Crippen molar-refractivity contribution in [2.45, 2.75) is 50.4 Å². The zero-order valence-corrected chi connectivity index (χ0v) is 19.2. The highest BCUT2D eigenvalue weighted by Gasteiger charge is 2.20. The topological polar surface area (TPSA) is 109 Å².